The Kier molecular flexibility index (Phi) is 5.61. The van der Waals surface area contributed by atoms with E-state index in [9.17, 15) is 0 Å². The number of hydrogen-bond donors (Lipinski definition) is 0. The Labute approximate surface area is 142 Å². The lowest BCUT2D eigenvalue weighted by Gasteiger charge is -2.10. The van der Waals surface area contributed by atoms with E-state index < -0.39 is 0 Å². The Hall–Kier alpha value is -2.27. The fourth-order valence-corrected chi connectivity index (χ4v) is 2.45. The van der Waals surface area contributed by atoms with Gasteiger partial charge in [-0.3, -0.25) is 0 Å². The first kappa shape index (κ1) is 16.1. The molecule has 0 fully saturated rings. The lowest BCUT2D eigenvalue weighted by atomic mass is 10.1. The quantitative estimate of drug-likeness (QED) is 0.700. The minimum Gasteiger partial charge on any atom is -0.488 e. The van der Waals surface area contributed by atoms with Crippen molar-refractivity contribution in [2.75, 3.05) is 0 Å². The van der Waals surface area contributed by atoms with Gasteiger partial charge in [0.05, 0.1) is 4.47 Å². The fraction of sp³-hybridized carbons (Fsp3) is 0.0588. The highest BCUT2D eigenvalue weighted by atomic mass is 79.9. The molecule has 22 heavy (non-hydrogen) atoms. The molecule has 0 aliphatic heterocycles. The normalized spacial score (nSPS) is 9.45. The molecule has 0 aliphatic carbocycles. The Bertz CT molecular complexity index is 787. The van der Waals surface area contributed by atoms with Crippen LogP contribution >= 0.6 is 27.5 Å². The van der Waals surface area contributed by atoms with Crippen molar-refractivity contribution < 1.29 is 4.74 Å². The Balaban J connectivity index is 2.14. The van der Waals surface area contributed by atoms with Crippen molar-refractivity contribution in [1.29, 1.82) is 10.5 Å². The van der Waals surface area contributed by atoms with Crippen molar-refractivity contribution in [2.24, 2.45) is 0 Å². The van der Waals surface area contributed by atoms with Gasteiger partial charge in [-0.05, 0) is 45.8 Å². The second-order valence-corrected chi connectivity index (χ2v) is 5.61. The molecule has 0 N–H and O–H groups in total. The summed E-state index contributed by atoms with van der Waals surface area (Å²) in [5.74, 6) is 0.660. The summed E-state index contributed by atoms with van der Waals surface area (Å²) in [6.45, 7) is 0.356. The number of benzene rings is 2. The van der Waals surface area contributed by atoms with Gasteiger partial charge in [0.15, 0.2) is 0 Å². The molecule has 0 amide bonds. The van der Waals surface area contributed by atoms with Crippen LogP contribution in [0.2, 0.25) is 5.02 Å². The lowest BCUT2D eigenvalue weighted by Crippen LogP contribution is -1.97. The van der Waals surface area contributed by atoms with E-state index in [-0.39, 0.29) is 5.57 Å². The molecule has 5 heteroatoms. The lowest BCUT2D eigenvalue weighted by molar-refractivity contribution is 0.304. The number of nitriles is 2. The standard InChI is InChI=1S/C17H10BrClN2O/c18-15-8-12(7-13(9-20)10-21)5-6-17(15)22-11-14-3-1-2-4-16(14)19/h1-8H,11H2. The van der Waals surface area contributed by atoms with Crippen molar-refractivity contribution in [1.82, 2.24) is 0 Å². The number of hydrogen-bond acceptors (Lipinski definition) is 3. The van der Waals surface area contributed by atoms with Gasteiger partial charge in [0.2, 0.25) is 0 Å². The number of rotatable bonds is 4. The van der Waals surface area contributed by atoms with E-state index in [4.69, 9.17) is 26.9 Å². The summed E-state index contributed by atoms with van der Waals surface area (Å²) in [5, 5.41) is 18.2. The SMILES string of the molecule is N#CC(C#N)=Cc1ccc(OCc2ccccc2Cl)c(Br)c1. The largest absolute Gasteiger partial charge is 0.488 e. The molecule has 2 aromatic carbocycles. The predicted octanol–water partition coefficient (Wildman–Crippen LogP) is 5.11. The fourth-order valence-electron chi connectivity index (χ4n) is 1.75. The van der Waals surface area contributed by atoms with Crippen LogP contribution < -0.4 is 4.74 Å². The summed E-state index contributed by atoms with van der Waals surface area (Å²) in [5.41, 5.74) is 1.70. The minimum atomic E-state index is 0.0524. The van der Waals surface area contributed by atoms with Crippen molar-refractivity contribution >= 4 is 33.6 Å². The van der Waals surface area contributed by atoms with Crippen LogP contribution in [0.15, 0.2) is 52.5 Å². The smallest absolute Gasteiger partial charge is 0.134 e. The van der Waals surface area contributed by atoms with Crippen LogP contribution in [-0.2, 0) is 6.61 Å². The van der Waals surface area contributed by atoms with Crippen molar-refractivity contribution in [3.8, 4) is 17.9 Å². The summed E-state index contributed by atoms with van der Waals surface area (Å²) in [7, 11) is 0. The zero-order valence-electron chi connectivity index (χ0n) is 11.4. The molecule has 2 rings (SSSR count). The molecule has 0 bridgehead atoms. The highest BCUT2D eigenvalue weighted by molar-refractivity contribution is 9.10. The molecule has 0 aromatic heterocycles. The minimum absolute atomic E-state index is 0.0524. The number of ether oxygens (including phenoxy) is 1. The Morgan fingerprint density at radius 1 is 1.18 bits per heavy atom. The van der Waals surface area contributed by atoms with E-state index >= 15 is 0 Å². The Morgan fingerprint density at radius 2 is 1.91 bits per heavy atom. The third-order valence-electron chi connectivity index (χ3n) is 2.85. The van der Waals surface area contributed by atoms with Crippen LogP contribution in [0.1, 0.15) is 11.1 Å². The van der Waals surface area contributed by atoms with Crippen LogP contribution in [0.3, 0.4) is 0 Å². The molecule has 0 spiro atoms. The molecule has 0 unspecified atom stereocenters. The highest BCUT2D eigenvalue weighted by Gasteiger charge is 2.05. The topological polar surface area (TPSA) is 56.8 Å². The zero-order chi connectivity index (χ0) is 15.9. The summed E-state index contributed by atoms with van der Waals surface area (Å²) in [4.78, 5) is 0. The maximum atomic E-state index is 8.76. The second kappa shape index (κ2) is 7.66. The maximum Gasteiger partial charge on any atom is 0.134 e. The van der Waals surface area contributed by atoms with Gasteiger partial charge in [-0.1, -0.05) is 35.9 Å². The predicted molar refractivity (Wildman–Crippen MR) is 89.1 cm³/mol. The van der Waals surface area contributed by atoms with Gasteiger partial charge < -0.3 is 4.74 Å². The van der Waals surface area contributed by atoms with E-state index in [1.807, 2.05) is 36.4 Å². The summed E-state index contributed by atoms with van der Waals surface area (Å²) in [6.07, 6.45) is 1.52. The third-order valence-corrected chi connectivity index (χ3v) is 3.84. The van der Waals surface area contributed by atoms with Crippen LogP contribution in [0.4, 0.5) is 0 Å². The maximum absolute atomic E-state index is 8.76. The van der Waals surface area contributed by atoms with E-state index in [2.05, 4.69) is 15.9 Å². The van der Waals surface area contributed by atoms with E-state index in [1.165, 1.54) is 6.08 Å². The van der Waals surface area contributed by atoms with E-state index in [0.29, 0.717) is 17.4 Å². The van der Waals surface area contributed by atoms with Gasteiger partial charge >= 0.3 is 0 Å². The van der Waals surface area contributed by atoms with Crippen LogP contribution in [0, 0.1) is 22.7 Å². The van der Waals surface area contributed by atoms with Gasteiger partial charge in [0, 0.05) is 10.6 Å². The number of halogens is 2. The Morgan fingerprint density at radius 3 is 2.55 bits per heavy atom. The van der Waals surface area contributed by atoms with E-state index in [1.54, 1.807) is 18.2 Å². The first-order valence-corrected chi connectivity index (χ1v) is 7.49. The van der Waals surface area contributed by atoms with Crippen LogP contribution in [-0.4, -0.2) is 0 Å². The first-order chi connectivity index (χ1) is 10.6. The van der Waals surface area contributed by atoms with Crippen LogP contribution in [0.5, 0.6) is 5.75 Å². The third kappa shape index (κ3) is 4.11. The van der Waals surface area contributed by atoms with Crippen LogP contribution in [0.25, 0.3) is 6.08 Å². The van der Waals surface area contributed by atoms with Gasteiger partial charge in [-0.25, -0.2) is 0 Å². The monoisotopic (exact) mass is 372 g/mol. The van der Waals surface area contributed by atoms with Gasteiger partial charge in [-0.2, -0.15) is 10.5 Å². The molecule has 0 saturated heterocycles. The molecule has 3 nitrogen and oxygen atoms in total. The molecular weight excluding hydrogens is 364 g/mol. The summed E-state index contributed by atoms with van der Waals surface area (Å²) >= 11 is 9.50. The number of allylic oxidation sites excluding steroid dienone is 1. The average Bonchev–Trinajstić information content (AvgIpc) is 2.53. The van der Waals surface area contributed by atoms with Crippen molar-refractivity contribution in [3.63, 3.8) is 0 Å². The van der Waals surface area contributed by atoms with E-state index in [0.717, 1.165) is 15.6 Å². The molecule has 0 aliphatic rings. The zero-order valence-corrected chi connectivity index (χ0v) is 13.7. The molecular formula is C17H10BrClN2O. The summed E-state index contributed by atoms with van der Waals surface area (Å²) in [6, 6.07) is 16.5. The molecule has 0 radical (unpaired) electrons. The molecule has 0 saturated carbocycles. The molecule has 108 valence electrons. The van der Waals surface area contributed by atoms with Gasteiger partial charge in [0.25, 0.3) is 0 Å². The van der Waals surface area contributed by atoms with Gasteiger partial charge in [0.1, 0.15) is 30.1 Å². The second-order valence-electron chi connectivity index (χ2n) is 4.35. The van der Waals surface area contributed by atoms with Gasteiger partial charge in [-0.15, -0.1) is 0 Å². The van der Waals surface area contributed by atoms with Crippen molar-refractivity contribution in [2.45, 2.75) is 6.61 Å². The van der Waals surface area contributed by atoms with Crippen molar-refractivity contribution in [3.05, 3.63) is 68.7 Å². The summed E-state index contributed by atoms with van der Waals surface area (Å²) < 4.78 is 6.47. The molecule has 0 heterocycles. The molecule has 2 aromatic rings. The first-order valence-electron chi connectivity index (χ1n) is 6.31. The average molecular weight is 374 g/mol. The highest BCUT2D eigenvalue weighted by Crippen LogP contribution is 2.28. The number of nitrogens with zero attached hydrogens (tertiary/aromatic N) is 2. The molecule has 0 atom stereocenters.